The first kappa shape index (κ1) is 11.1. The van der Waals surface area contributed by atoms with Gasteiger partial charge in [0.1, 0.15) is 6.61 Å². The van der Waals surface area contributed by atoms with Crippen LogP contribution in [0.2, 0.25) is 0 Å². The Morgan fingerprint density at radius 2 is 1.80 bits per heavy atom. The van der Waals surface area contributed by atoms with E-state index >= 15 is 0 Å². The van der Waals surface area contributed by atoms with Gasteiger partial charge in [-0.05, 0) is 25.2 Å². The third-order valence-corrected chi connectivity index (χ3v) is 3.67. The second kappa shape index (κ2) is 5.64. The van der Waals surface area contributed by atoms with Crippen LogP contribution in [0.1, 0.15) is 51.4 Å². The molecule has 0 aliphatic heterocycles. The van der Waals surface area contributed by atoms with Gasteiger partial charge in [-0.15, -0.1) is 0 Å². The van der Waals surface area contributed by atoms with Crippen molar-refractivity contribution in [3.05, 3.63) is 0 Å². The standard InChI is InChI=1S/C13H22O2/c14-13(12-4-2-1-3-5-12)10-15-9-8-11-6-7-11/h11-12H,1-10H2. The van der Waals surface area contributed by atoms with Gasteiger partial charge >= 0.3 is 0 Å². The van der Waals surface area contributed by atoms with Crippen molar-refractivity contribution in [3.8, 4) is 0 Å². The Labute approximate surface area is 92.4 Å². The van der Waals surface area contributed by atoms with Gasteiger partial charge in [0, 0.05) is 12.5 Å². The lowest BCUT2D eigenvalue weighted by atomic mass is 9.86. The Hall–Kier alpha value is -0.370. The number of carbonyl (C=O) groups excluding carboxylic acids is 1. The Morgan fingerprint density at radius 1 is 1.07 bits per heavy atom. The lowest BCUT2D eigenvalue weighted by Gasteiger charge is -2.20. The summed E-state index contributed by atoms with van der Waals surface area (Å²) in [7, 11) is 0. The highest BCUT2D eigenvalue weighted by atomic mass is 16.5. The van der Waals surface area contributed by atoms with E-state index in [0.29, 0.717) is 18.3 Å². The van der Waals surface area contributed by atoms with Gasteiger partial charge < -0.3 is 4.74 Å². The van der Waals surface area contributed by atoms with Crippen molar-refractivity contribution in [3.63, 3.8) is 0 Å². The summed E-state index contributed by atoms with van der Waals surface area (Å²) >= 11 is 0. The Bertz CT molecular complexity index is 203. The Kier molecular flexibility index (Phi) is 4.18. The van der Waals surface area contributed by atoms with Crippen LogP contribution in [-0.4, -0.2) is 19.0 Å². The zero-order valence-corrected chi connectivity index (χ0v) is 9.54. The van der Waals surface area contributed by atoms with Gasteiger partial charge in [0.2, 0.25) is 0 Å². The van der Waals surface area contributed by atoms with Crippen LogP contribution in [0.5, 0.6) is 0 Å². The van der Waals surface area contributed by atoms with E-state index < -0.39 is 0 Å². The van der Waals surface area contributed by atoms with Crippen molar-refractivity contribution in [1.82, 2.24) is 0 Å². The lowest BCUT2D eigenvalue weighted by Crippen LogP contribution is -2.22. The molecule has 2 rings (SSSR count). The van der Waals surface area contributed by atoms with Crippen molar-refractivity contribution in [2.45, 2.75) is 51.4 Å². The fourth-order valence-electron chi connectivity index (χ4n) is 2.37. The lowest BCUT2D eigenvalue weighted by molar-refractivity contribution is -0.128. The maximum Gasteiger partial charge on any atom is 0.161 e. The maximum absolute atomic E-state index is 11.7. The van der Waals surface area contributed by atoms with Crippen LogP contribution in [0.25, 0.3) is 0 Å². The average Bonchev–Trinajstić information content (AvgIpc) is 3.09. The molecule has 0 aromatic heterocycles. The number of ether oxygens (including phenoxy) is 1. The molecule has 2 aliphatic carbocycles. The van der Waals surface area contributed by atoms with E-state index in [1.807, 2.05) is 0 Å². The zero-order valence-electron chi connectivity index (χ0n) is 9.54. The van der Waals surface area contributed by atoms with Crippen molar-refractivity contribution in [2.24, 2.45) is 11.8 Å². The average molecular weight is 210 g/mol. The molecule has 2 aliphatic rings. The smallest absolute Gasteiger partial charge is 0.161 e. The predicted molar refractivity (Wildman–Crippen MR) is 59.7 cm³/mol. The van der Waals surface area contributed by atoms with Crippen LogP contribution >= 0.6 is 0 Å². The molecule has 0 N–H and O–H groups in total. The van der Waals surface area contributed by atoms with Crippen LogP contribution in [0.3, 0.4) is 0 Å². The second-order valence-electron chi connectivity index (χ2n) is 5.09. The number of hydrogen-bond donors (Lipinski definition) is 0. The van der Waals surface area contributed by atoms with Crippen molar-refractivity contribution in [2.75, 3.05) is 13.2 Å². The molecule has 0 atom stereocenters. The highest BCUT2D eigenvalue weighted by Crippen LogP contribution is 2.32. The fourth-order valence-corrected chi connectivity index (χ4v) is 2.37. The summed E-state index contributed by atoms with van der Waals surface area (Å²) < 4.78 is 5.45. The fraction of sp³-hybridized carbons (Fsp3) is 0.923. The van der Waals surface area contributed by atoms with E-state index in [-0.39, 0.29) is 0 Å². The second-order valence-corrected chi connectivity index (χ2v) is 5.09. The highest BCUT2D eigenvalue weighted by Gasteiger charge is 2.22. The predicted octanol–water partition coefficient (Wildman–Crippen LogP) is 2.95. The molecule has 0 unspecified atom stereocenters. The minimum Gasteiger partial charge on any atom is -0.374 e. The van der Waals surface area contributed by atoms with Gasteiger partial charge in [-0.3, -0.25) is 4.79 Å². The molecule has 0 aromatic carbocycles. The van der Waals surface area contributed by atoms with Crippen LogP contribution in [0, 0.1) is 11.8 Å². The number of rotatable bonds is 6. The summed E-state index contributed by atoms with van der Waals surface area (Å²) in [5, 5.41) is 0. The third kappa shape index (κ3) is 3.94. The molecule has 2 heteroatoms. The van der Waals surface area contributed by atoms with Gasteiger partial charge in [0.15, 0.2) is 5.78 Å². The number of Topliss-reactive ketones (excluding diaryl/α,β-unsaturated/α-hetero) is 1. The first-order valence-electron chi connectivity index (χ1n) is 6.46. The van der Waals surface area contributed by atoms with Gasteiger partial charge in [-0.25, -0.2) is 0 Å². The van der Waals surface area contributed by atoms with E-state index in [1.165, 1.54) is 32.1 Å². The third-order valence-electron chi connectivity index (χ3n) is 3.67. The maximum atomic E-state index is 11.7. The summed E-state index contributed by atoms with van der Waals surface area (Å²) in [5.41, 5.74) is 0. The minimum atomic E-state index is 0.319. The monoisotopic (exact) mass is 210 g/mol. The summed E-state index contributed by atoms with van der Waals surface area (Å²) in [6.07, 6.45) is 9.90. The summed E-state index contributed by atoms with van der Waals surface area (Å²) in [5.74, 6) is 1.58. The van der Waals surface area contributed by atoms with Gasteiger partial charge in [-0.2, -0.15) is 0 Å². The molecule has 0 radical (unpaired) electrons. The Morgan fingerprint density at radius 3 is 2.47 bits per heavy atom. The highest BCUT2D eigenvalue weighted by molar-refractivity contribution is 5.82. The van der Waals surface area contributed by atoms with Crippen molar-refractivity contribution < 1.29 is 9.53 Å². The normalized spacial score (nSPS) is 22.9. The molecule has 0 heterocycles. The first-order chi connectivity index (χ1) is 7.36. The quantitative estimate of drug-likeness (QED) is 0.630. The molecule has 0 amide bonds. The van der Waals surface area contributed by atoms with Crippen molar-refractivity contribution in [1.29, 1.82) is 0 Å². The van der Waals surface area contributed by atoms with E-state index in [2.05, 4.69) is 0 Å². The van der Waals surface area contributed by atoms with Gasteiger partial charge in [0.25, 0.3) is 0 Å². The summed E-state index contributed by atoms with van der Waals surface area (Å²) in [6, 6.07) is 0. The number of ketones is 1. The van der Waals surface area contributed by atoms with E-state index in [0.717, 1.165) is 31.8 Å². The first-order valence-corrected chi connectivity index (χ1v) is 6.46. The molecule has 2 saturated carbocycles. The molecule has 0 spiro atoms. The molecule has 15 heavy (non-hydrogen) atoms. The molecule has 0 bridgehead atoms. The van der Waals surface area contributed by atoms with E-state index in [4.69, 9.17) is 4.74 Å². The van der Waals surface area contributed by atoms with Crippen LogP contribution in [0.4, 0.5) is 0 Å². The largest absolute Gasteiger partial charge is 0.374 e. The molecular formula is C13H22O2. The van der Waals surface area contributed by atoms with Crippen LogP contribution in [-0.2, 0) is 9.53 Å². The number of hydrogen-bond acceptors (Lipinski definition) is 2. The van der Waals surface area contributed by atoms with Gasteiger partial charge in [-0.1, -0.05) is 32.1 Å². The van der Waals surface area contributed by atoms with Crippen LogP contribution < -0.4 is 0 Å². The molecule has 0 saturated heterocycles. The topological polar surface area (TPSA) is 26.3 Å². The van der Waals surface area contributed by atoms with Crippen LogP contribution in [0.15, 0.2) is 0 Å². The molecule has 0 aromatic rings. The number of carbonyl (C=O) groups is 1. The molecular weight excluding hydrogens is 188 g/mol. The summed E-state index contributed by atoms with van der Waals surface area (Å²) in [4.78, 5) is 11.7. The summed E-state index contributed by atoms with van der Waals surface area (Å²) in [6.45, 7) is 1.17. The zero-order chi connectivity index (χ0) is 10.5. The molecule has 2 fully saturated rings. The molecule has 86 valence electrons. The van der Waals surface area contributed by atoms with Crippen molar-refractivity contribution >= 4 is 5.78 Å². The van der Waals surface area contributed by atoms with Gasteiger partial charge in [0.05, 0.1) is 0 Å². The molecule has 2 nitrogen and oxygen atoms in total. The SMILES string of the molecule is O=C(COCCC1CC1)C1CCCCC1. The van der Waals surface area contributed by atoms with E-state index in [1.54, 1.807) is 0 Å². The van der Waals surface area contributed by atoms with E-state index in [9.17, 15) is 4.79 Å². The minimum absolute atomic E-state index is 0.319. The Balaban J connectivity index is 1.54.